The average Bonchev–Trinajstić information content (AvgIpc) is 3.47. The van der Waals surface area contributed by atoms with Crippen molar-refractivity contribution in [3.8, 4) is 5.69 Å². The van der Waals surface area contributed by atoms with Crippen LogP contribution in [0.5, 0.6) is 0 Å². The Bertz CT molecular complexity index is 1070. The fourth-order valence-electron chi connectivity index (χ4n) is 2.91. The van der Waals surface area contributed by atoms with E-state index in [4.69, 9.17) is 11.6 Å². The molecule has 0 saturated heterocycles. The second kappa shape index (κ2) is 8.31. The standard InChI is InChI=1S/C20H16ClF3N4OS/c21-13-8-9-16(15(10-13)20(22,23)24)25-17(29)11-30-19-26-18(12-6-7-12)28(27-19)14-4-2-1-3-5-14/h1-5,8-10,12H,6-7,11H2,(H,25,29). The van der Waals surface area contributed by atoms with Gasteiger partial charge >= 0.3 is 6.18 Å². The van der Waals surface area contributed by atoms with E-state index in [-0.39, 0.29) is 16.5 Å². The number of rotatable bonds is 6. The second-order valence-electron chi connectivity index (χ2n) is 6.80. The first kappa shape index (κ1) is 20.7. The third kappa shape index (κ3) is 4.79. The lowest BCUT2D eigenvalue weighted by atomic mass is 10.1. The minimum Gasteiger partial charge on any atom is -0.325 e. The van der Waals surface area contributed by atoms with Gasteiger partial charge in [-0.15, -0.1) is 5.10 Å². The van der Waals surface area contributed by atoms with Gasteiger partial charge in [0.2, 0.25) is 11.1 Å². The van der Waals surface area contributed by atoms with Crippen LogP contribution in [0.4, 0.5) is 18.9 Å². The number of thioether (sulfide) groups is 1. The third-order valence-corrected chi connectivity index (χ3v) is 5.52. The highest BCUT2D eigenvalue weighted by atomic mass is 35.5. The summed E-state index contributed by atoms with van der Waals surface area (Å²) >= 11 is 6.74. The molecule has 1 amide bonds. The second-order valence-corrected chi connectivity index (χ2v) is 8.18. The number of nitrogens with one attached hydrogen (secondary N) is 1. The molecule has 1 N–H and O–H groups in total. The zero-order valence-corrected chi connectivity index (χ0v) is 17.1. The van der Waals surface area contributed by atoms with Crippen molar-refractivity contribution in [3.05, 3.63) is 64.9 Å². The number of amides is 1. The average molecular weight is 453 g/mol. The van der Waals surface area contributed by atoms with Crippen LogP contribution in [0.15, 0.2) is 53.7 Å². The lowest BCUT2D eigenvalue weighted by Crippen LogP contribution is -2.18. The highest BCUT2D eigenvalue weighted by Crippen LogP contribution is 2.40. The Hall–Kier alpha value is -2.52. The molecule has 1 aliphatic rings. The highest BCUT2D eigenvalue weighted by Gasteiger charge is 2.34. The van der Waals surface area contributed by atoms with Crippen molar-refractivity contribution in [2.24, 2.45) is 0 Å². The van der Waals surface area contributed by atoms with Gasteiger partial charge in [0, 0.05) is 10.9 Å². The molecule has 156 valence electrons. The van der Waals surface area contributed by atoms with E-state index in [1.807, 2.05) is 30.3 Å². The van der Waals surface area contributed by atoms with Gasteiger partial charge in [0.05, 0.1) is 22.7 Å². The van der Waals surface area contributed by atoms with Crippen LogP contribution >= 0.6 is 23.4 Å². The molecular formula is C20H16ClF3N4OS. The van der Waals surface area contributed by atoms with Gasteiger partial charge in [-0.05, 0) is 43.2 Å². The summed E-state index contributed by atoms with van der Waals surface area (Å²) in [6, 6.07) is 12.8. The number of hydrogen-bond donors (Lipinski definition) is 1. The molecule has 3 aromatic rings. The molecule has 4 rings (SSSR count). The summed E-state index contributed by atoms with van der Waals surface area (Å²) in [6.07, 6.45) is -2.56. The zero-order valence-electron chi connectivity index (χ0n) is 15.5. The molecule has 2 aromatic carbocycles. The summed E-state index contributed by atoms with van der Waals surface area (Å²) in [5.41, 5.74) is -0.450. The molecule has 0 unspecified atom stereocenters. The van der Waals surface area contributed by atoms with E-state index in [1.165, 1.54) is 6.07 Å². The molecule has 0 aliphatic heterocycles. The normalized spacial score (nSPS) is 14.0. The molecule has 1 aliphatic carbocycles. The molecular weight excluding hydrogens is 437 g/mol. The summed E-state index contributed by atoms with van der Waals surface area (Å²) in [4.78, 5) is 16.8. The van der Waals surface area contributed by atoms with Crippen LogP contribution in [0, 0.1) is 0 Å². The summed E-state index contributed by atoms with van der Waals surface area (Å²) in [5, 5.41) is 7.13. The van der Waals surface area contributed by atoms with Gasteiger partial charge in [-0.3, -0.25) is 4.79 Å². The molecule has 1 aromatic heterocycles. The molecule has 1 fully saturated rings. The van der Waals surface area contributed by atoms with Crippen molar-refractivity contribution in [3.63, 3.8) is 0 Å². The minimum absolute atomic E-state index is 0.0574. The lowest BCUT2D eigenvalue weighted by molar-refractivity contribution is -0.137. The first-order valence-electron chi connectivity index (χ1n) is 9.13. The molecule has 0 bridgehead atoms. The molecule has 0 spiro atoms. The maximum absolute atomic E-state index is 13.2. The molecule has 0 radical (unpaired) electrons. The van der Waals surface area contributed by atoms with Crippen LogP contribution in [0.2, 0.25) is 5.02 Å². The van der Waals surface area contributed by atoms with Crippen LogP contribution in [0.1, 0.15) is 30.1 Å². The van der Waals surface area contributed by atoms with Gasteiger partial charge in [0.15, 0.2) is 0 Å². The molecule has 5 nitrogen and oxygen atoms in total. The number of alkyl halides is 3. The predicted octanol–water partition coefficient (Wildman–Crippen LogP) is 5.55. The van der Waals surface area contributed by atoms with Gasteiger partial charge in [-0.1, -0.05) is 41.6 Å². The smallest absolute Gasteiger partial charge is 0.325 e. The van der Waals surface area contributed by atoms with Crippen LogP contribution in [0.25, 0.3) is 5.69 Å². The zero-order chi connectivity index (χ0) is 21.3. The quantitative estimate of drug-likeness (QED) is 0.498. The Morgan fingerprint density at radius 3 is 2.60 bits per heavy atom. The van der Waals surface area contributed by atoms with Crippen molar-refractivity contribution in [2.45, 2.75) is 30.1 Å². The predicted molar refractivity (Wildman–Crippen MR) is 109 cm³/mol. The van der Waals surface area contributed by atoms with Crippen molar-refractivity contribution in [1.29, 1.82) is 0 Å². The van der Waals surface area contributed by atoms with Gasteiger partial charge in [-0.25, -0.2) is 9.67 Å². The number of para-hydroxylation sites is 1. The number of nitrogens with zero attached hydrogens (tertiary/aromatic N) is 3. The van der Waals surface area contributed by atoms with Gasteiger partial charge in [0.1, 0.15) is 5.82 Å². The monoisotopic (exact) mass is 452 g/mol. The van der Waals surface area contributed by atoms with E-state index in [9.17, 15) is 18.0 Å². The van der Waals surface area contributed by atoms with Crippen molar-refractivity contribution in [2.75, 3.05) is 11.1 Å². The van der Waals surface area contributed by atoms with Crippen LogP contribution in [-0.4, -0.2) is 26.4 Å². The topological polar surface area (TPSA) is 59.8 Å². The Morgan fingerprint density at radius 2 is 1.93 bits per heavy atom. The largest absolute Gasteiger partial charge is 0.418 e. The number of anilines is 1. The Balaban J connectivity index is 1.46. The number of carbonyl (C=O) groups excluding carboxylic acids is 1. The van der Waals surface area contributed by atoms with Crippen LogP contribution in [0.3, 0.4) is 0 Å². The van der Waals surface area contributed by atoms with Gasteiger partial charge < -0.3 is 5.32 Å². The van der Waals surface area contributed by atoms with E-state index < -0.39 is 17.6 Å². The Morgan fingerprint density at radius 1 is 1.20 bits per heavy atom. The molecule has 0 atom stereocenters. The maximum Gasteiger partial charge on any atom is 0.418 e. The first-order valence-corrected chi connectivity index (χ1v) is 10.5. The fraction of sp³-hybridized carbons (Fsp3) is 0.250. The minimum atomic E-state index is -4.63. The van der Waals surface area contributed by atoms with Gasteiger partial charge in [0.25, 0.3) is 0 Å². The van der Waals surface area contributed by atoms with Crippen molar-refractivity contribution < 1.29 is 18.0 Å². The van der Waals surface area contributed by atoms with Crippen LogP contribution < -0.4 is 5.32 Å². The summed E-state index contributed by atoms with van der Waals surface area (Å²) < 4.78 is 41.3. The molecule has 1 saturated carbocycles. The first-order chi connectivity index (χ1) is 14.3. The maximum atomic E-state index is 13.2. The van der Waals surface area contributed by atoms with E-state index in [2.05, 4.69) is 15.4 Å². The fourth-order valence-corrected chi connectivity index (χ4v) is 3.71. The number of aromatic nitrogens is 3. The van der Waals surface area contributed by atoms with Crippen molar-refractivity contribution >= 4 is 35.0 Å². The van der Waals surface area contributed by atoms with Crippen LogP contribution in [-0.2, 0) is 11.0 Å². The Labute approximate surface area is 179 Å². The summed E-state index contributed by atoms with van der Waals surface area (Å²) in [5.74, 6) is 0.463. The number of benzene rings is 2. The highest BCUT2D eigenvalue weighted by molar-refractivity contribution is 7.99. The molecule has 1 heterocycles. The Kier molecular flexibility index (Phi) is 5.75. The molecule has 10 heteroatoms. The van der Waals surface area contributed by atoms with E-state index in [0.717, 1.165) is 48.2 Å². The number of carbonyl (C=O) groups is 1. The van der Waals surface area contributed by atoms with E-state index in [1.54, 1.807) is 4.68 Å². The molecule has 30 heavy (non-hydrogen) atoms. The van der Waals surface area contributed by atoms with Crippen molar-refractivity contribution in [1.82, 2.24) is 14.8 Å². The summed E-state index contributed by atoms with van der Waals surface area (Å²) in [7, 11) is 0. The lowest BCUT2D eigenvalue weighted by Gasteiger charge is -2.13. The number of hydrogen-bond acceptors (Lipinski definition) is 4. The van der Waals surface area contributed by atoms with E-state index in [0.29, 0.717) is 11.1 Å². The third-order valence-electron chi connectivity index (χ3n) is 4.45. The SMILES string of the molecule is O=C(CSc1nc(C2CC2)n(-c2ccccc2)n1)Nc1ccc(Cl)cc1C(F)(F)F. The van der Waals surface area contributed by atoms with E-state index >= 15 is 0 Å². The summed E-state index contributed by atoms with van der Waals surface area (Å²) in [6.45, 7) is 0. The number of halogens is 4. The van der Waals surface area contributed by atoms with Gasteiger partial charge in [-0.2, -0.15) is 13.2 Å².